The van der Waals surface area contributed by atoms with Gasteiger partial charge >= 0.3 is 0 Å². The molecule has 0 saturated heterocycles. The van der Waals surface area contributed by atoms with Gasteiger partial charge in [0.05, 0.1) is 11.5 Å². The maximum absolute atomic E-state index is 13.2. The number of carbonyl (C=O) groups is 2. The number of ketones is 2. The summed E-state index contributed by atoms with van der Waals surface area (Å²) >= 11 is 0. The predicted octanol–water partition coefficient (Wildman–Crippen LogP) is 3.14. The Morgan fingerprint density at radius 3 is 2.23 bits per heavy atom. The molecule has 4 rings (SSSR count). The van der Waals surface area contributed by atoms with E-state index in [1.807, 2.05) is 37.3 Å². The van der Waals surface area contributed by atoms with Crippen LogP contribution in [0.15, 0.2) is 71.3 Å². The van der Waals surface area contributed by atoms with E-state index in [0.717, 1.165) is 5.56 Å². The molecule has 0 unspecified atom stereocenters. The molecule has 1 aliphatic heterocycles. The Bertz CT molecular complexity index is 1070. The van der Waals surface area contributed by atoms with Crippen molar-refractivity contribution in [3.63, 3.8) is 0 Å². The largest absolute Gasteiger partial charge is 0.436 e. The molecule has 126 valence electrons. The molecule has 1 heterocycles. The number of fused-ring (bicyclic) bond motifs is 1. The highest BCUT2D eigenvalue weighted by molar-refractivity contribution is 6.27. The highest BCUT2D eigenvalue weighted by Crippen LogP contribution is 2.43. The topological polar surface area (TPSA) is 93.2 Å². The Kier molecular flexibility index (Phi) is 3.48. The number of rotatable bonds is 1. The number of allylic oxidation sites excluding steroid dienone is 3. The molecule has 26 heavy (non-hydrogen) atoms. The number of hydrogen-bond acceptors (Lipinski definition) is 5. The Hall–Kier alpha value is -3.65. The van der Waals surface area contributed by atoms with Gasteiger partial charge in [-0.15, -0.1) is 0 Å². The number of ether oxygens (including phenoxy) is 1. The number of hydrogen-bond donors (Lipinski definition) is 1. The Morgan fingerprint density at radius 2 is 1.62 bits per heavy atom. The lowest BCUT2D eigenvalue weighted by Crippen LogP contribution is -2.32. The second-order valence-corrected chi connectivity index (χ2v) is 6.28. The van der Waals surface area contributed by atoms with E-state index in [9.17, 15) is 14.9 Å². The minimum Gasteiger partial charge on any atom is -0.436 e. The van der Waals surface area contributed by atoms with Gasteiger partial charge in [-0.2, -0.15) is 5.26 Å². The summed E-state index contributed by atoms with van der Waals surface area (Å²) < 4.78 is 5.45. The van der Waals surface area contributed by atoms with Crippen molar-refractivity contribution in [3.05, 3.63) is 93.6 Å². The third kappa shape index (κ3) is 2.16. The van der Waals surface area contributed by atoms with E-state index in [-0.39, 0.29) is 34.1 Å². The SMILES string of the molecule is Cc1ccc([C@H]2C(C#N)=C(N)OC3=C2C(=O)c2ccccc2C3=O)cc1. The molecule has 1 aliphatic carbocycles. The van der Waals surface area contributed by atoms with Crippen LogP contribution in [0, 0.1) is 18.3 Å². The molecule has 0 fully saturated rings. The van der Waals surface area contributed by atoms with Gasteiger partial charge in [0.1, 0.15) is 11.6 Å². The second-order valence-electron chi connectivity index (χ2n) is 6.28. The molecule has 1 atom stereocenters. The Morgan fingerprint density at radius 1 is 1.00 bits per heavy atom. The minimum atomic E-state index is -0.728. The summed E-state index contributed by atoms with van der Waals surface area (Å²) in [5, 5.41) is 9.60. The van der Waals surface area contributed by atoms with Gasteiger partial charge in [0.15, 0.2) is 11.5 Å². The molecule has 2 N–H and O–H groups in total. The molecule has 2 aromatic rings. The van der Waals surface area contributed by atoms with Gasteiger partial charge in [-0.3, -0.25) is 9.59 Å². The smallest absolute Gasteiger partial charge is 0.229 e. The van der Waals surface area contributed by atoms with Crippen molar-refractivity contribution >= 4 is 11.6 Å². The van der Waals surface area contributed by atoms with E-state index in [1.165, 1.54) is 0 Å². The first-order valence-electron chi connectivity index (χ1n) is 8.09. The minimum absolute atomic E-state index is 0.0872. The first-order chi connectivity index (χ1) is 12.5. The lowest BCUT2D eigenvalue weighted by Gasteiger charge is -2.30. The van der Waals surface area contributed by atoms with Crippen LogP contribution in [-0.4, -0.2) is 11.6 Å². The molecule has 0 saturated carbocycles. The number of nitrogens with two attached hydrogens (primary N) is 1. The zero-order chi connectivity index (χ0) is 18.4. The van der Waals surface area contributed by atoms with Crippen LogP contribution >= 0.6 is 0 Å². The second kappa shape index (κ2) is 5.71. The molecule has 0 radical (unpaired) electrons. The van der Waals surface area contributed by atoms with Crippen LogP contribution in [0.2, 0.25) is 0 Å². The third-order valence-electron chi connectivity index (χ3n) is 4.70. The fourth-order valence-electron chi connectivity index (χ4n) is 3.40. The Balaban J connectivity index is 1.97. The van der Waals surface area contributed by atoms with Crippen LogP contribution in [0.4, 0.5) is 0 Å². The van der Waals surface area contributed by atoms with E-state index in [1.54, 1.807) is 24.3 Å². The average Bonchev–Trinajstić information content (AvgIpc) is 2.66. The van der Waals surface area contributed by atoms with Crippen LogP contribution in [0.25, 0.3) is 0 Å². The molecular formula is C21H14N2O3. The van der Waals surface area contributed by atoms with E-state index in [4.69, 9.17) is 10.5 Å². The fourth-order valence-corrected chi connectivity index (χ4v) is 3.40. The summed E-state index contributed by atoms with van der Waals surface area (Å²) in [6, 6.07) is 16.1. The summed E-state index contributed by atoms with van der Waals surface area (Å²) in [4.78, 5) is 26.0. The van der Waals surface area contributed by atoms with Crippen molar-refractivity contribution in [1.82, 2.24) is 0 Å². The maximum Gasteiger partial charge on any atom is 0.229 e. The van der Waals surface area contributed by atoms with Crippen molar-refractivity contribution in [2.45, 2.75) is 12.8 Å². The van der Waals surface area contributed by atoms with Crippen molar-refractivity contribution in [2.24, 2.45) is 5.73 Å². The molecule has 0 aromatic heterocycles. The molecule has 2 aliphatic rings. The standard InChI is InChI=1S/C21H14N2O3/c1-11-6-8-12(9-7-11)16-15(10-22)21(23)26-20-17(16)18(24)13-4-2-3-5-14(13)19(20)25/h2-9,16H,23H2,1H3/t16-/m0/s1. The Labute approximate surface area is 150 Å². The number of benzene rings is 2. The molecular weight excluding hydrogens is 328 g/mol. The maximum atomic E-state index is 13.2. The van der Waals surface area contributed by atoms with Gasteiger partial charge in [-0.05, 0) is 12.5 Å². The highest BCUT2D eigenvalue weighted by Gasteiger charge is 2.43. The van der Waals surface area contributed by atoms with E-state index in [2.05, 4.69) is 0 Å². The predicted molar refractivity (Wildman–Crippen MR) is 94.0 cm³/mol. The van der Waals surface area contributed by atoms with Crippen molar-refractivity contribution in [3.8, 4) is 6.07 Å². The third-order valence-corrected chi connectivity index (χ3v) is 4.70. The van der Waals surface area contributed by atoms with Crippen LogP contribution < -0.4 is 5.73 Å². The molecule has 5 nitrogen and oxygen atoms in total. The van der Waals surface area contributed by atoms with Crippen LogP contribution in [0.1, 0.15) is 37.8 Å². The number of nitrogens with zero attached hydrogens (tertiary/aromatic N) is 1. The summed E-state index contributed by atoms with van der Waals surface area (Å²) in [5.41, 5.74) is 8.58. The average molecular weight is 342 g/mol. The number of nitriles is 1. The summed E-state index contributed by atoms with van der Waals surface area (Å²) in [6.45, 7) is 1.94. The van der Waals surface area contributed by atoms with Crippen molar-refractivity contribution in [2.75, 3.05) is 0 Å². The number of carbonyl (C=O) groups excluding carboxylic acids is 2. The van der Waals surface area contributed by atoms with E-state index >= 15 is 0 Å². The molecule has 0 spiro atoms. The first kappa shape index (κ1) is 15.9. The van der Waals surface area contributed by atoms with Crippen molar-refractivity contribution < 1.29 is 14.3 Å². The quantitative estimate of drug-likeness (QED) is 0.859. The molecule has 0 bridgehead atoms. The fraction of sp³-hybridized carbons (Fsp3) is 0.0952. The van der Waals surface area contributed by atoms with Gasteiger partial charge in [-0.1, -0.05) is 54.1 Å². The summed E-state index contributed by atoms with van der Waals surface area (Å²) in [6.07, 6.45) is 0. The molecule has 0 amide bonds. The molecule has 2 aromatic carbocycles. The first-order valence-corrected chi connectivity index (χ1v) is 8.09. The summed E-state index contributed by atoms with van der Waals surface area (Å²) in [7, 11) is 0. The van der Waals surface area contributed by atoms with E-state index in [0.29, 0.717) is 11.1 Å². The van der Waals surface area contributed by atoms with E-state index < -0.39 is 11.7 Å². The monoisotopic (exact) mass is 342 g/mol. The van der Waals surface area contributed by atoms with Crippen molar-refractivity contribution in [1.29, 1.82) is 5.26 Å². The highest BCUT2D eigenvalue weighted by atomic mass is 16.5. The normalized spacial score (nSPS) is 18.8. The summed E-state index contributed by atoms with van der Waals surface area (Å²) in [5.74, 6) is -1.67. The number of Topliss-reactive ketones (excluding diaryl/α,β-unsaturated/α-hetero) is 2. The number of aryl methyl sites for hydroxylation is 1. The zero-order valence-corrected chi connectivity index (χ0v) is 13.9. The van der Waals surface area contributed by atoms with Crippen LogP contribution in [0.3, 0.4) is 0 Å². The lowest BCUT2D eigenvalue weighted by atomic mass is 9.75. The van der Waals surface area contributed by atoms with Gasteiger partial charge in [0, 0.05) is 11.1 Å². The zero-order valence-electron chi connectivity index (χ0n) is 13.9. The molecule has 5 heteroatoms. The van der Waals surface area contributed by atoms with Crippen LogP contribution in [0.5, 0.6) is 0 Å². The van der Waals surface area contributed by atoms with Gasteiger partial charge in [0.2, 0.25) is 11.7 Å². The van der Waals surface area contributed by atoms with Gasteiger partial charge in [-0.25, -0.2) is 0 Å². The van der Waals surface area contributed by atoms with Gasteiger partial charge < -0.3 is 10.5 Å². The van der Waals surface area contributed by atoms with Gasteiger partial charge in [0.25, 0.3) is 0 Å². The lowest BCUT2D eigenvalue weighted by molar-refractivity contribution is 0.0897. The van der Waals surface area contributed by atoms with Crippen LogP contribution in [-0.2, 0) is 4.74 Å².